The van der Waals surface area contributed by atoms with Gasteiger partial charge in [0.2, 0.25) is 5.91 Å². The Kier molecular flexibility index (Phi) is 5.50. The Hall–Kier alpha value is -2.49. The molecule has 0 radical (unpaired) electrons. The van der Waals surface area contributed by atoms with Gasteiger partial charge >= 0.3 is 0 Å². The summed E-state index contributed by atoms with van der Waals surface area (Å²) in [5, 5.41) is 13.0. The van der Waals surface area contributed by atoms with Crippen LogP contribution in [0.4, 0.5) is 13.2 Å². The van der Waals surface area contributed by atoms with Crippen LogP contribution in [-0.4, -0.2) is 45.1 Å². The molecule has 24 heavy (non-hydrogen) atoms. The highest BCUT2D eigenvalue weighted by molar-refractivity contribution is 5.80. The number of nitrogens with zero attached hydrogens (tertiary/aromatic N) is 4. The molecule has 1 atom stereocenters. The minimum Gasteiger partial charge on any atom is -0.348 e. The number of nitrogens with one attached hydrogen (secondary N) is 1. The van der Waals surface area contributed by atoms with E-state index in [2.05, 4.69) is 20.8 Å². The minimum absolute atomic E-state index is 0.0453. The predicted octanol–water partition coefficient (Wildman–Crippen LogP) is 0.615. The SMILES string of the molecule is Cc1nnnn1C(Cc1cccc(F)c1)C(=O)NCC(F)(F)CN. The van der Waals surface area contributed by atoms with Crippen molar-refractivity contribution in [2.75, 3.05) is 13.1 Å². The highest BCUT2D eigenvalue weighted by Gasteiger charge is 2.30. The number of hydrogen-bond donors (Lipinski definition) is 2. The van der Waals surface area contributed by atoms with E-state index in [0.29, 0.717) is 11.4 Å². The van der Waals surface area contributed by atoms with Crippen molar-refractivity contribution < 1.29 is 18.0 Å². The van der Waals surface area contributed by atoms with E-state index in [9.17, 15) is 18.0 Å². The number of alkyl halides is 2. The summed E-state index contributed by atoms with van der Waals surface area (Å²) in [6.45, 7) is -0.213. The predicted molar refractivity (Wildman–Crippen MR) is 78.7 cm³/mol. The highest BCUT2D eigenvalue weighted by Crippen LogP contribution is 2.17. The maximum Gasteiger partial charge on any atom is 0.277 e. The Morgan fingerprint density at radius 3 is 2.79 bits per heavy atom. The molecule has 1 unspecified atom stereocenters. The molecule has 2 aromatic rings. The van der Waals surface area contributed by atoms with E-state index < -0.39 is 36.8 Å². The summed E-state index contributed by atoms with van der Waals surface area (Å²) in [5.74, 6) is -4.05. The summed E-state index contributed by atoms with van der Waals surface area (Å²) < 4.78 is 41.0. The molecule has 1 heterocycles. The zero-order valence-corrected chi connectivity index (χ0v) is 12.9. The van der Waals surface area contributed by atoms with Crippen molar-refractivity contribution >= 4 is 5.91 Å². The molecule has 0 bridgehead atoms. The van der Waals surface area contributed by atoms with E-state index in [1.54, 1.807) is 13.0 Å². The van der Waals surface area contributed by atoms with Crippen molar-refractivity contribution in [3.63, 3.8) is 0 Å². The van der Waals surface area contributed by atoms with Crippen LogP contribution in [0.3, 0.4) is 0 Å². The van der Waals surface area contributed by atoms with Crippen molar-refractivity contribution in [2.24, 2.45) is 5.73 Å². The van der Waals surface area contributed by atoms with E-state index in [4.69, 9.17) is 5.73 Å². The van der Waals surface area contributed by atoms with Crippen molar-refractivity contribution in [1.29, 1.82) is 0 Å². The second kappa shape index (κ2) is 7.39. The van der Waals surface area contributed by atoms with Gasteiger partial charge < -0.3 is 11.1 Å². The van der Waals surface area contributed by atoms with Gasteiger partial charge in [-0.05, 0) is 35.0 Å². The molecule has 0 spiro atoms. The summed E-state index contributed by atoms with van der Waals surface area (Å²) >= 11 is 0. The van der Waals surface area contributed by atoms with Crippen LogP contribution in [0.5, 0.6) is 0 Å². The van der Waals surface area contributed by atoms with Crippen LogP contribution in [0, 0.1) is 12.7 Å². The van der Waals surface area contributed by atoms with Gasteiger partial charge in [-0.25, -0.2) is 17.9 Å². The van der Waals surface area contributed by atoms with Crippen LogP contribution in [0.25, 0.3) is 0 Å². The molecule has 0 aliphatic carbocycles. The summed E-state index contributed by atoms with van der Waals surface area (Å²) in [6, 6.07) is 4.65. The second-order valence-corrected chi connectivity index (χ2v) is 5.30. The van der Waals surface area contributed by atoms with Crippen molar-refractivity contribution in [2.45, 2.75) is 25.3 Å². The first kappa shape index (κ1) is 17.9. The third-order valence-electron chi connectivity index (χ3n) is 3.39. The fourth-order valence-corrected chi connectivity index (χ4v) is 2.11. The molecule has 1 aromatic carbocycles. The number of tetrazole rings is 1. The lowest BCUT2D eigenvalue weighted by Crippen LogP contribution is -2.44. The van der Waals surface area contributed by atoms with Crippen LogP contribution < -0.4 is 11.1 Å². The molecule has 0 aliphatic heterocycles. The molecular weight excluding hydrogens is 325 g/mol. The first-order valence-electron chi connectivity index (χ1n) is 7.17. The molecule has 0 fully saturated rings. The van der Waals surface area contributed by atoms with E-state index in [1.807, 2.05) is 0 Å². The Labute approximate surface area is 136 Å². The Morgan fingerprint density at radius 2 is 2.21 bits per heavy atom. The number of aryl methyl sites for hydroxylation is 1. The smallest absolute Gasteiger partial charge is 0.277 e. The number of hydrogen-bond acceptors (Lipinski definition) is 5. The zero-order valence-electron chi connectivity index (χ0n) is 12.9. The molecule has 0 aliphatic rings. The molecule has 2 rings (SSSR count). The Balaban J connectivity index is 2.20. The van der Waals surface area contributed by atoms with E-state index in [-0.39, 0.29) is 6.42 Å². The number of nitrogens with two attached hydrogens (primary N) is 1. The number of rotatable bonds is 7. The van der Waals surface area contributed by atoms with Crippen molar-refractivity contribution in [1.82, 2.24) is 25.5 Å². The average Bonchev–Trinajstić information content (AvgIpc) is 2.96. The number of benzene rings is 1. The lowest BCUT2D eigenvalue weighted by atomic mass is 10.0. The van der Waals surface area contributed by atoms with E-state index >= 15 is 0 Å². The molecule has 130 valence electrons. The van der Waals surface area contributed by atoms with Gasteiger partial charge in [0, 0.05) is 6.42 Å². The molecule has 10 heteroatoms. The van der Waals surface area contributed by atoms with Gasteiger partial charge in [0.15, 0.2) is 0 Å². The Bertz CT molecular complexity index is 705. The monoisotopic (exact) mass is 342 g/mol. The van der Waals surface area contributed by atoms with Crippen LogP contribution in [0.15, 0.2) is 24.3 Å². The molecule has 7 nitrogen and oxygen atoms in total. The maximum atomic E-state index is 13.3. The topological polar surface area (TPSA) is 98.7 Å². The molecular formula is C14H17F3N6O. The third kappa shape index (κ3) is 4.51. The number of aromatic nitrogens is 4. The fraction of sp³-hybridized carbons (Fsp3) is 0.429. The van der Waals surface area contributed by atoms with Gasteiger partial charge in [0.1, 0.15) is 17.7 Å². The zero-order chi connectivity index (χ0) is 17.7. The van der Waals surface area contributed by atoms with Crippen LogP contribution >= 0.6 is 0 Å². The van der Waals surface area contributed by atoms with Gasteiger partial charge in [0.05, 0.1) is 13.1 Å². The highest BCUT2D eigenvalue weighted by atomic mass is 19.3. The van der Waals surface area contributed by atoms with Crippen LogP contribution in [0.1, 0.15) is 17.4 Å². The number of halogens is 3. The van der Waals surface area contributed by atoms with E-state index in [0.717, 1.165) is 0 Å². The summed E-state index contributed by atoms with van der Waals surface area (Å²) in [4.78, 5) is 12.4. The van der Waals surface area contributed by atoms with Crippen molar-refractivity contribution in [3.05, 3.63) is 41.5 Å². The summed E-state index contributed by atoms with van der Waals surface area (Å²) in [7, 11) is 0. The van der Waals surface area contributed by atoms with Gasteiger partial charge in [-0.1, -0.05) is 12.1 Å². The molecule has 3 N–H and O–H groups in total. The lowest BCUT2D eigenvalue weighted by molar-refractivity contribution is -0.126. The number of carbonyl (C=O) groups excluding carboxylic acids is 1. The first-order valence-corrected chi connectivity index (χ1v) is 7.17. The molecule has 1 amide bonds. The van der Waals surface area contributed by atoms with Crippen molar-refractivity contribution in [3.8, 4) is 0 Å². The summed E-state index contributed by atoms with van der Waals surface area (Å²) in [6.07, 6.45) is 0.0453. The maximum absolute atomic E-state index is 13.3. The first-order chi connectivity index (χ1) is 11.3. The minimum atomic E-state index is -3.21. The quantitative estimate of drug-likeness (QED) is 0.768. The average molecular weight is 342 g/mol. The number of amides is 1. The van der Waals surface area contributed by atoms with Gasteiger partial charge in [0.25, 0.3) is 5.92 Å². The number of carbonyl (C=O) groups is 1. The second-order valence-electron chi connectivity index (χ2n) is 5.30. The van der Waals surface area contributed by atoms with E-state index in [1.165, 1.54) is 22.9 Å². The normalized spacial score (nSPS) is 12.9. The molecule has 0 saturated carbocycles. The lowest BCUT2D eigenvalue weighted by Gasteiger charge is -2.20. The standard InChI is InChI=1S/C14H17F3N6O/c1-9-20-21-22-23(9)12(6-10-3-2-4-11(15)5-10)13(24)19-8-14(16,17)7-18/h2-5,12H,6-8,18H2,1H3,(H,19,24). The van der Waals surface area contributed by atoms with Gasteiger partial charge in [-0.15, -0.1) is 5.10 Å². The molecule has 1 aromatic heterocycles. The molecule has 0 saturated heterocycles. The summed E-state index contributed by atoms with van der Waals surface area (Å²) in [5.41, 5.74) is 5.46. The largest absolute Gasteiger partial charge is 0.348 e. The van der Waals surface area contributed by atoms with Gasteiger partial charge in [-0.2, -0.15) is 0 Å². The third-order valence-corrected chi connectivity index (χ3v) is 3.39. The van der Waals surface area contributed by atoms with Crippen LogP contribution in [-0.2, 0) is 11.2 Å². The Morgan fingerprint density at radius 1 is 1.46 bits per heavy atom. The van der Waals surface area contributed by atoms with Gasteiger partial charge in [-0.3, -0.25) is 4.79 Å². The van der Waals surface area contributed by atoms with Crippen LogP contribution in [0.2, 0.25) is 0 Å². The fourth-order valence-electron chi connectivity index (χ4n) is 2.11.